The highest BCUT2D eigenvalue weighted by Crippen LogP contribution is 2.37. The molecule has 1 aliphatic rings. The Labute approximate surface area is 101 Å². The van der Waals surface area contributed by atoms with Crippen molar-refractivity contribution in [2.45, 2.75) is 65.4 Å². The first-order valence-corrected chi connectivity index (χ1v) is 6.71. The van der Waals surface area contributed by atoms with Gasteiger partial charge in [0.2, 0.25) is 0 Å². The second-order valence-electron chi connectivity index (χ2n) is 5.13. The molecule has 1 nitrogen and oxygen atoms in total. The summed E-state index contributed by atoms with van der Waals surface area (Å²) < 4.78 is 5.76. The molecule has 0 aromatic carbocycles. The maximum atomic E-state index is 5.76. The van der Waals surface area contributed by atoms with Crippen LogP contribution in [0, 0.1) is 5.41 Å². The number of allylic oxidation sites excluding steroid dienone is 2. The SMILES string of the molecule is CCCCCC(C)(CCC)C1C=CC=CO1. The summed E-state index contributed by atoms with van der Waals surface area (Å²) in [6.07, 6.45) is 16.1. The topological polar surface area (TPSA) is 9.23 Å². The molecule has 1 aliphatic heterocycles. The van der Waals surface area contributed by atoms with E-state index in [0.29, 0.717) is 5.41 Å². The highest BCUT2D eigenvalue weighted by atomic mass is 16.5. The number of rotatable bonds is 7. The average molecular weight is 222 g/mol. The minimum absolute atomic E-state index is 0.273. The zero-order valence-electron chi connectivity index (χ0n) is 11.0. The molecule has 0 aromatic heterocycles. The molecule has 0 saturated carbocycles. The van der Waals surface area contributed by atoms with Gasteiger partial charge < -0.3 is 4.74 Å². The van der Waals surface area contributed by atoms with Gasteiger partial charge in [-0.1, -0.05) is 52.5 Å². The molecule has 0 radical (unpaired) electrons. The van der Waals surface area contributed by atoms with Crippen molar-refractivity contribution in [3.05, 3.63) is 24.5 Å². The van der Waals surface area contributed by atoms with Crippen LogP contribution in [0.1, 0.15) is 59.3 Å². The Kier molecular flexibility index (Phi) is 5.65. The number of hydrogen-bond acceptors (Lipinski definition) is 1. The van der Waals surface area contributed by atoms with E-state index in [0.717, 1.165) is 0 Å². The largest absolute Gasteiger partial charge is 0.493 e. The maximum Gasteiger partial charge on any atom is 0.122 e. The van der Waals surface area contributed by atoms with E-state index < -0.39 is 0 Å². The lowest BCUT2D eigenvalue weighted by Gasteiger charge is -2.36. The summed E-state index contributed by atoms with van der Waals surface area (Å²) in [5.41, 5.74) is 0.311. The van der Waals surface area contributed by atoms with E-state index in [4.69, 9.17) is 4.74 Å². The molecule has 0 amide bonds. The Hall–Kier alpha value is -0.720. The van der Waals surface area contributed by atoms with Crippen molar-refractivity contribution in [3.8, 4) is 0 Å². The molecule has 0 saturated heterocycles. The molecule has 0 aliphatic carbocycles. The molecule has 0 aromatic rings. The number of hydrogen-bond donors (Lipinski definition) is 0. The van der Waals surface area contributed by atoms with Gasteiger partial charge >= 0.3 is 0 Å². The third-order valence-electron chi connectivity index (χ3n) is 3.56. The van der Waals surface area contributed by atoms with E-state index in [1.807, 2.05) is 12.3 Å². The van der Waals surface area contributed by atoms with E-state index >= 15 is 0 Å². The minimum Gasteiger partial charge on any atom is -0.493 e. The van der Waals surface area contributed by atoms with E-state index in [1.54, 1.807) is 0 Å². The summed E-state index contributed by atoms with van der Waals surface area (Å²) in [5.74, 6) is 0. The molecule has 0 spiro atoms. The summed E-state index contributed by atoms with van der Waals surface area (Å²) in [6.45, 7) is 6.90. The molecule has 1 heterocycles. The van der Waals surface area contributed by atoms with Gasteiger partial charge in [0.25, 0.3) is 0 Å². The fourth-order valence-electron chi connectivity index (χ4n) is 2.54. The van der Waals surface area contributed by atoms with Gasteiger partial charge in [0.05, 0.1) is 6.26 Å². The van der Waals surface area contributed by atoms with Gasteiger partial charge in [0.15, 0.2) is 0 Å². The van der Waals surface area contributed by atoms with E-state index in [2.05, 4.69) is 32.9 Å². The molecule has 0 N–H and O–H groups in total. The summed E-state index contributed by atoms with van der Waals surface area (Å²) in [7, 11) is 0. The van der Waals surface area contributed by atoms with Gasteiger partial charge in [0, 0.05) is 5.41 Å². The third kappa shape index (κ3) is 3.70. The van der Waals surface area contributed by atoms with Crippen molar-refractivity contribution in [2.24, 2.45) is 5.41 Å². The minimum atomic E-state index is 0.273. The van der Waals surface area contributed by atoms with Crippen molar-refractivity contribution in [1.82, 2.24) is 0 Å². The van der Waals surface area contributed by atoms with Crippen LogP contribution in [0.25, 0.3) is 0 Å². The summed E-state index contributed by atoms with van der Waals surface area (Å²) in [4.78, 5) is 0. The highest BCUT2D eigenvalue weighted by molar-refractivity contribution is 5.11. The quantitative estimate of drug-likeness (QED) is 0.560. The van der Waals surface area contributed by atoms with Crippen LogP contribution in [0.3, 0.4) is 0 Å². The predicted octanol–water partition coefficient (Wildman–Crippen LogP) is 4.84. The van der Waals surface area contributed by atoms with Gasteiger partial charge in [0.1, 0.15) is 6.10 Å². The van der Waals surface area contributed by atoms with Crippen LogP contribution < -0.4 is 0 Å². The molecule has 16 heavy (non-hydrogen) atoms. The van der Waals surface area contributed by atoms with Crippen LogP contribution in [0.4, 0.5) is 0 Å². The van der Waals surface area contributed by atoms with Crippen LogP contribution >= 0.6 is 0 Å². The van der Waals surface area contributed by atoms with Gasteiger partial charge in [-0.2, -0.15) is 0 Å². The molecular formula is C15H26O. The molecule has 92 valence electrons. The van der Waals surface area contributed by atoms with Crippen molar-refractivity contribution in [3.63, 3.8) is 0 Å². The Bertz CT molecular complexity index is 242. The lowest BCUT2D eigenvalue weighted by molar-refractivity contribution is 0.0412. The summed E-state index contributed by atoms with van der Waals surface area (Å²) >= 11 is 0. The van der Waals surface area contributed by atoms with Crippen LogP contribution in [0.5, 0.6) is 0 Å². The van der Waals surface area contributed by atoms with E-state index in [9.17, 15) is 0 Å². The Morgan fingerprint density at radius 3 is 2.44 bits per heavy atom. The van der Waals surface area contributed by atoms with Crippen LogP contribution in [0.2, 0.25) is 0 Å². The zero-order chi connectivity index (χ0) is 11.9. The Balaban J connectivity index is 2.55. The Morgan fingerprint density at radius 1 is 1.06 bits per heavy atom. The monoisotopic (exact) mass is 222 g/mol. The first kappa shape index (κ1) is 13.3. The van der Waals surface area contributed by atoms with Crippen molar-refractivity contribution in [2.75, 3.05) is 0 Å². The van der Waals surface area contributed by atoms with Gasteiger partial charge in [-0.05, 0) is 25.0 Å². The van der Waals surface area contributed by atoms with Crippen molar-refractivity contribution >= 4 is 0 Å². The lowest BCUT2D eigenvalue weighted by Crippen LogP contribution is -2.33. The van der Waals surface area contributed by atoms with Crippen molar-refractivity contribution in [1.29, 1.82) is 0 Å². The fraction of sp³-hybridized carbons (Fsp3) is 0.733. The highest BCUT2D eigenvalue weighted by Gasteiger charge is 2.32. The summed E-state index contributed by atoms with van der Waals surface area (Å²) in [5, 5.41) is 0. The average Bonchev–Trinajstić information content (AvgIpc) is 2.31. The summed E-state index contributed by atoms with van der Waals surface area (Å²) in [6, 6.07) is 0. The van der Waals surface area contributed by atoms with Gasteiger partial charge in [-0.25, -0.2) is 0 Å². The van der Waals surface area contributed by atoms with E-state index in [-0.39, 0.29) is 6.10 Å². The second-order valence-corrected chi connectivity index (χ2v) is 5.13. The first-order valence-electron chi connectivity index (χ1n) is 6.71. The number of unbranched alkanes of at least 4 members (excludes halogenated alkanes) is 2. The van der Waals surface area contributed by atoms with E-state index in [1.165, 1.54) is 38.5 Å². The molecule has 1 rings (SSSR count). The molecule has 2 atom stereocenters. The third-order valence-corrected chi connectivity index (χ3v) is 3.56. The normalized spacial score (nSPS) is 22.8. The Morgan fingerprint density at radius 2 is 1.88 bits per heavy atom. The standard InChI is InChI=1S/C15H26O/c1-4-6-8-12-15(3,11-5-2)14-10-7-9-13-16-14/h7,9-10,13-14H,4-6,8,11-12H2,1-3H3. The van der Waals surface area contributed by atoms with Crippen LogP contribution in [0.15, 0.2) is 24.5 Å². The molecule has 2 unspecified atom stereocenters. The molecule has 0 fully saturated rings. The zero-order valence-corrected chi connectivity index (χ0v) is 11.0. The predicted molar refractivity (Wildman–Crippen MR) is 70.3 cm³/mol. The first-order chi connectivity index (χ1) is 7.73. The smallest absolute Gasteiger partial charge is 0.122 e. The van der Waals surface area contributed by atoms with Crippen LogP contribution in [-0.2, 0) is 4.74 Å². The lowest BCUT2D eigenvalue weighted by atomic mass is 9.75. The molecule has 0 bridgehead atoms. The van der Waals surface area contributed by atoms with Gasteiger partial charge in [-0.15, -0.1) is 0 Å². The second kappa shape index (κ2) is 6.78. The number of ether oxygens (including phenoxy) is 1. The molecule has 1 heteroatoms. The molecular weight excluding hydrogens is 196 g/mol. The van der Waals surface area contributed by atoms with Crippen molar-refractivity contribution < 1.29 is 4.74 Å². The van der Waals surface area contributed by atoms with Crippen LogP contribution in [-0.4, -0.2) is 6.10 Å². The fourth-order valence-corrected chi connectivity index (χ4v) is 2.54. The maximum absolute atomic E-state index is 5.76. The van der Waals surface area contributed by atoms with Gasteiger partial charge in [-0.3, -0.25) is 0 Å².